The number of carbonyl (C=O) groups is 1. The van der Waals surface area contributed by atoms with E-state index in [-0.39, 0.29) is 35.2 Å². The average Bonchev–Trinajstić information content (AvgIpc) is 2.76. The maximum absolute atomic E-state index is 13.0. The molecule has 0 radical (unpaired) electrons. The minimum Gasteiger partial charge on any atom is -0.490 e. The third-order valence-electron chi connectivity index (χ3n) is 4.36. The molecule has 3 aromatic carbocycles. The van der Waals surface area contributed by atoms with Gasteiger partial charge in [0, 0.05) is 18.3 Å². The molecule has 0 saturated carbocycles. The van der Waals surface area contributed by atoms with Crippen LogP contribution in [0.3, 0.4) is 0 Å². The van der Waals surface area contributed by atoms with Crippen molar-refractivity contribution in [2.45, 2.75) is 4.90 Å². The Kier molecular flexibility index (Phi) is 7.14. The molecular weight excluding hydrogens is 443 g/mol. The van der Waals surface area contributed by atoms with Crippen molar-refractivity contribution in [2.24, 2.45) is 0 Å². The zero-order valence-corrected chi connectivity index (χ0v) is 18.2. The van der Waals surface area contributed by atoms with Crippen LogP contribution in [0.4, 0.5) is 10.1 Å². The first kappa shape index (κ1) is 22.6. The van der Waals surface area contributed by atoms with Crippen molar-refractivity contribution in [3.05, 3.63) is 89.2 Å². The van der Waals surface area contributed by atoms with E-state index in [0.717, 1.165) is 12.1 Å². The summed E-state index contributed by atoms with van der Waals surface area (Å²) in [4.78, 5) is 14.1. The number of nitrogens with one attached hydrogen (secondary N) is 1. The van der Waals surface area contributed by atoms with Crippen LogP contribution >= 0.6 is 11.6 Å². The fraction of sp³-hybridized carbons (Fsp3) is 0.136. The molecule has 3 rings (SSSR count). The number of hydrogen-bond donors (Lipinski definition) is 1. The van der Waals surface area contributed by atoms with E-state index in [1.807, 2.05) is 0 Å². The molecule has 0 fully saturated rings. The summed E-state index contributed by atoms with van der Waals surface area (Å²) in [6.07, 6.45) is 0. The molecule has 0 atom stereocenters. The monoisotopic (exact) mass is 462 g/mol. The van der Waals surface area contributed by atoms with Crippen molar-refractivity contribution < 1.29 is 22.3 Å². The van der Waals surface area contributed by atoms with E-state index in [1.165, 1.54) is 41.3 Å². The van der Waals surface area contributed by atoms with E-state index in [2.05, 4.69) is 4.72 Å². The van der Waals surface area contributed by atoms with E-state index < -0.39 is 15.8 Å². The van der Waals surface area contributed by atoms with Gasteiger partial charge < -0.3 is 9.64 Å². The van der Waals surface area contributed by atoms with Crippen LogP contribution in [0.15, 0.2) is 77.7 Å². The number of halogens is 2. The number of amides is 1. The number of hydrogen-bond acceptors (Lipinski definition) is 4. The lowest BCUT2D eigenvalue weighted by Crippen LogP contribution is -2.31. The van der Waals surface area contributed by atoms with Gasteiger partial charge in [-0.1, -0.05) is 29.8 Å². The van der Waals surface area contributed by atoms with Gasteiger partial charge in [-0.2, -0.15) is 0 Å². The Labute approximate surface area is 185 Å². The number of ether oxygens (including phenoxy) is 1. The molecule has 162 valence electrons. The van der Waals surface area contributed by atoms with Crippen molar-refractivity contribution in [1.29, 1.82) is 0 Å². The number of rotatable bonds is 8. The highest BCUT2D eigenvalue weighted by atomic mass is 35.5. The lowest BCUT2D eigenvalue weighted by molar-refractivity contribution is 0.0773. The number of anilines is 1. The van der Waals surface area contributed by atoms with Crippen molar-refractivity contribution in [3.8, 4) is 5.75 Å². The molecule has 1 amide bonds. The third-order valence-corrected chi connectivity index (χ3v) is 6.05. The summed E-state index contributed by atoms with van der Waals surface area (Å²) in [6, 6.07) is 17.6. The first-order chi connectivity index (χ1) is 14.8. The number of para-hydroxylation sites is 1. The molecule has 3 aromatic rings. The van der Waals surface area contributed by atoms with Crippen LogP contribution in [0, 0.1) is 5.82 Å². The summed E-state index contributed by atoms with van der Waals surface area (Å²) in [5, 5.41) is 0.475. The minimum absolute atomic E-state index is 0.0802. The summed E-state index contributed by atoms with van der Waals surface area (Å²) >= 11 is 6.04. The molecule has 0 bridgehead atoms. The van der Waals surface area contributed by atoms with Gasteiger partial charge in [0.2, 0.25) is 0 Å². The Morgan fingerprint density at radius 1 is 1.06 bits per heavy atom. The summed E-state index contributed by atoms with van der Waals surface area (Å²) in [5.41, 5.74) is 0.425. The van der Waals surface area contributed by atoms with Gasteiger partial charge in [-0.25, -0.2) is 12.8 Å². The highest BCUT2D eigenvalue weighted by Gasteiger charge is 2.18. The Morgan fingerprint density at radius 2 is 1.77 bits per heavy atom. The van der Waals surface area contributed by atoms with Crippen LogP contribution in [0.2, 0.25) is 5.02 Å². The number of likely N-dealkylation sites (N-methyl/N-ethyl adjacent to an activating group) is 1. The smallest absolute Gasteiger partial charge is 0.261 e. The van der Waals surface area contributed by atoms with Gasteiger partial charge in [-0.3, -0.25) is 9.52 Å². The number of sulfonamides is 1. The van der Waals surface area contributed by atoms with Gasteiger partial charge in [0.1, 0.15) is 18.2 Å². The summed E-state index contributed by atoms with van der Waals surface area (Å²) in [6.45, 7) is 0.491. The topological polar surface area (TPSA) is 75.7 Å². The zero-order chi connectivity index (χ0) is 22.4. The molecule has 0 spiro atoms. The molecule has 0 unspecified atom stereocenters. The molecule has 0 aliphatic rings. The Morgan fingerprint density at radius 3 is 2.48 bits per heavy atom. The lowest BCUT2D eigenvalue weighted by atomic mass is 10.2. The second kappa shape index (κ2) is 9.80. The lowest BCUT2D eigenvalue weighted by Gasteiger charge is -2.18. The van der Waals surface area contributed by atoms with E-state index >= 15 is 0 Å². The van der Waals surface area contributed by atoms with Crippen molar-refractivity contribution in [3.63, 3.8) is 0 Å². The molecule has 1 N–H and O–H groups in total. The van der Waals surface area contributed by atoms with Crippen LogP contribution in [0.5, 0.6) is 5.75 Å². The largest absolute Gasteiger partial charge is 0.490 e. The third kappa shape index (κ3) is 5.96. The number of benzene rings is 3. The maximum Gasteiger partial charge on any atom is 0.261 e. The van der Waals surface area contributed by atoms with Gasteiger partial charge in [-0.05, 0) is 54.6 Å². The van der Waals surface area contributed by atoms with Gasteiger partial charge in [0.15, 0.2) is 0 Å². The van der Waals surface area contributed by atoms with Crippen LogP contribution in [-0.4, -0.2) is 39.4 Å². The van der Waals surface area contributed by atoms with Crippen LogP contribution in [0.25, 0.3) is 0 Å². The first-order valence-corrected chi connectivity index (χ1v) is 11.1. The normalized spacial score (nSPS) is 11.1. The van der Waals surface area contributed by atoms with Crippen LogP contribution < -0.4 is 9.46 Å². The van der Waals surface area contributed by atoms with Crippen molar-refractivity contribution in [2.75, 3.05) is 24.9 Å². The standard InChI is InChI=1S/C22H20ClFN2O4S/c1-26(13-14-30-21-8-3-2-7-20(21)23)22(27)16-5-4-6-19(15-16)31(28,29)25-18-11-9-17(24)10-12-18/h2-12,15,25H,13-14H2,1H3. The second-order valence-electron chi connectivity index (χ2n) is 6.65. The molecule has 0 heterocycles. The molecule has 31 heavy (non-hydrogen) atoms. The highest BCUT2D eigenvalue weighted by Crippen LogP contribution is 2.23. The molecule has 0 aliphatic carbocycles. The summed E-state index contributed by atoms with van der Waals surface area (Å²) in [7, 11) is -2.35. The fourth-order valence-corrected chi connectivity index (χ4v) is 4.00. The van der Waals surface area contributed by atoms with Crippen LogP contribution in [0.1, 0.15) is 10.4 Å². The molecule has 6 nitrogen and oxygen atoms in total. The predicted molar refractivity (Wildman–Crippen MR) is 118 cm³/mol. The van der Waals surface area contributed by atoms with Crippen molar-refractivity contribution >= 4 is 33.2 Å². The fourth-order valence-electron chi connectivity index (χ4n) is 2.70. The summed E-state index contributed by atoms with van der Waals surface area (Å²) in [5.74, 6) is -0.316. The van der Waals surface area contributed by atoms with E-state index in [0.29, 0.717) is 10.8 Å². The first-order valence-electron chi connectivity index (χ1n) is 9.27. The quantitative estimate of drug-likeness (QED) is 0.537. The zero-order valence-electron chi connectivity index (χ0n) is 16.6. The molecular formula is C22H20ClFN2O4S. The molecule has 0 aromatic heterocycles. The van der Waals surface area contributed by atoms with Gasteiger partial charge in [-0.15, -0.1) is 0 Å². The molecule has 0 aliphatic heterocycles. The minimum atomic E-state index is -3.95. The average molecular weight is 463 g/mol. The van der Waals surface area contributed by atoms with E-state index in [9.17, 15) is 17.6 Å². The molecule has 0 saturated heterocycles. The van der Waals surface area contributed by atoms with E-state index in [1.54, 1.807) is 31.3 Å². The number of nitrogens with zero attached hydrogens (tertiary/aromatic N) is 1. The Hall–Kier alpha value is -3.10. The van der Waals surface area contributed by atoms with Crippen molar-refractivity contribution in [1.82, 2.24) is 4.90 Å². The van der Waals surface area contributed by atoms with Gasteiger partial charge in [0.25, 0.3) is 15.9 Å². The Balaban J connectivity index is 1.66. The number of carbonyl (C=O) groups excluding carboxylic acids is 1. The highest BCUT2D eigenvalue weighted by molar-refractivity contribution is 7.92. The van der Waals surface area contributed by atoms with Crippen LogP contribution in [-0.2, 0) is 10.0 Å². The van der Waals surface area contributed by atoms with E-state index in [4.69, 9.17) is 16.3 Å². The van der Waals surface area contributed by atoms with Gasteiger partial charge >= 0.3 is 0 Å². The maximum atomic E-state index is 13.0. The van der Waals surface area contributed by atoms with Gasteiger partial charge in [0.05, 0.1) is 16.5 Å². The molecule has 9 heteroatoms. The Bertz CT molecular complexity index is 1170. The summed E-state index contributed by atoms with van der Waals surface area (Å²) < 4.78 is 46.2. The second-order valence-corrected chi connectivity index (χ2v) is 8.74. The SMILES string of the molecule is CN(CCOc1ccccc1Cl)C(=O)c1cccc(S(=O)(=O)Nc2ccc(F)cc2)c1. The predicted octanol–water partition coefficient (Wildman–Crippen LogP) is 4.43.